The molecule has 10 heteroatoms. The third-order valence-electron chi connectivity index (χ3n) is 5.41. The number of anilines is 2. The number of benzene rings is 3. The van der Waals surface area contributed by atoms with Gasteiger partial charge in [-0.1, -0.05) is 66.9 Å². The average Bonchev–Trinajstić information content (AvgIpc) is 3.44. The van der Waals surface area contributed by atoms with Gasteiger partial charge in [0, 0.05) is 41.7 Å². The Morgan fingerprint density at radius 3 is 2.31 bits per heavy atom. The molecule has 1 atom stereocenters. The van der Waals surface area contributed by atoms with Crippen LogP contribution >= 0.6 is 34.8 Å². The summed E-state index contributed by atoms with van der Waals surface area (Å²) in [7, 11) is 2.56. The fourth-order valence-electron chi connectivity index (χ4n) is 3.25. The summed E-state index contributed by atoms with van der Waals surface area (Å²) in [5, 5.41) is 4.62. The van der Waals surface area contributed by atoms with Gasteiger partial charge in [-0.15, -0.1) is 0 Å². The monoisotopic (exact) mass is 652 g/mol. The van der Waals surface area contributed by atoms with E-state index in [0.29, 0.717) is 44.2 Å². The highest BCUT2D eigenvalue weighted by molar-refractivity contribution is 7.86. The van der Waals surface area contributed by atoms with E-state index < -0.39 is 11.0 Å². The van der Waals surface area contributed by atoms with E-state index in [-0.39, 0.29) is 0 Å². The number of hydrogen-bond acceptors (Lipinski definition) is 5. The van der Waals surface area contributed by atoms with Crippen molar-refractivity contribution in [2.24, 2.45) is 0 Å². The third kappa shape index (κ3) is 12.9. The van der Waals surface area contributed by atoms with Crippen molar-refractivity contribution in [3.8, 4) is 11.5 Å². The Kier molecular flexibility index (Phi) is 18.4. The normalized spacial score (nSPS) is 14.0. The number of hydrogen-bond donors (Lipinski definition) is 1. The lowest BCUT2D eigenvalue weighted by molar-refractivity contribution is 0.112. The van der Waals surface area contributed by atoms with Crippen molar-refractivity contribution >= 4 is 63.4 Å². The molecule has 1 fully saturated rings. The van der Waals surface area contributed by atoms with Gasteiger partial charge in [-0.2, -0.15) is 0 Å². The number of nitrogens with one attached hydrogen (secondary N) is 1. The minimum absolute atomic E-state index is 0.409. The molecule has 0 spiro atoms. The van der Waals surface area contributed by atoms with Crippen molar-refractivity contribution in [1.82, 2.24) is 0 Å². The summed E-state index contributed by atoms with van der Waals surface area (Å²) in [5.74, 6) is 2.89. The van der Waals surface area contributed by atoms with E-state index in [2.05, 4.69) is 5.32 Å². The molecule has 3 aromatic rings. The topological polar surface area (TPSA) is 67.9 Å². The number of carbonyl (C=O) groups is 1. The van der Waals surface area contributed by atoms with Crippen molar-refractivity contribution in [1.29, 1.82) is 0 Å². The number of rotatable bonds is 7. The first-order chi connectivity index (χ1) is 20.2. The van der Waals surface area contributed by atoms with Crippen LogP contribution in [0.1, 0.15) is 44.5 Å². The zero-order valence-electron chi connectivity index (χ0n) is 24.8. The Labute approximate surface area is 267 Å². The van der Waals surface area contributed by atoms with Crippen LogP contribution < -0.4 is 14.4 Å². The Hall–Kier alpha value is -2.97. The summed E-state index contributed by atoms with van der Waals surface area (Å²) in [6.45, 7) is 8.67. The molecule has 1 heterocycles. The molecule has 228 valence electrons. The van der Waals surface area contributed by atoms with Crippen molar-refractivity contribution in [3.63, 3.8) is 0 Å². The molecule has 1 saturated heterocycles. The summed E-state index contributed by atoms with van der Waals surface area (Å²) in [5.41, 5.74) is 2.22. The Bertz CT molecular complexity index is 1350. The highest BCUT2D eigenvalue weighted by Crippen LogP contribution is 2.32. The third-order valence-corrected chi connectivity index (χ3v) is 7.81. The predicted molar refractivity (Wildman–Crippen MR) is 181 cm³/mol. The maximum Gasteiger partial charge on any atom is 0.151 e. The van der Waals surface area contributed by atoms with E-state index in [1.165, 1.54) is 0 Å². The van der Waals surface area contributed by atoms with Crippen LogP contribution in [0, 0.1) is 0 Å². The lowest BCUT2D eigenvalue weighted by Gasteiger charge is -2.16. The minimum atomic E-state index is -0.942. The molecule has 1 aliphatic rings. The molecule has 4 rings (SSSR count). The highest BCUT2D eigenvalue weighted by atomic mass is 35.5. The van der Waals surface area contributed by atoms with Crippen molar-refractivity contribution in [2.45, 2.75) is 34.1 Å². The fraction of sp³-hybridized carbons (Fsp3) is 0.281. The lowest BCUT2D eigenvalue weighted by Crippen LogP contribution is -2.19. The van der Waals surface area contributed by atoms with Crippen molar-refractivity contribution in [3.05, 3.63) is 105 Å². The SMILES string of the molecule is C/C=C\C=C(/C)OC.CC.CNc1ccc(Cl)c(Oc2cccc(Cl)c2)c1.O=Cc1ccc(N2CCCS2=O)cc1Cl. The van der Waals surface area contributed by atoms with Gasteiger partial charge >= 0.3 is 0 Å². The quantitative estimate of drug-likeness (QED) is 0.156. The summed E-state index contributed by atoms with van der Waals surface area (Å²) < 4.78 is 23.9. The molecule has 0 bridgehead atoms. The standard InChI is InChI=1S/C13H11Cl2NO.C10H10ClNO2S.C7H12O.C2H6/c1-16-10-5-6-12(15)13(8-10)17-11-4-2-3-9(14)7-11;11-10-6-9(3-2-8(10)7-13)12-4-1-5-15(12)14;1-4-5-6-7(2)8-3;1-2/h2-8,16H,1H3;2-3,6-7H,1,4-5H2;4-6H,1-3H3;1-2H3/b;;5-4-,7-6+;. The molecule has 0 aliphatic carbocycles. The second-order valence-electron chi connectivity index (χ2n) is 8.27. The molecular formula is C32H39Cl3N2O4S. The van der Waals surface area contributed by atoms with Gasteiger partial charge in [-0.3, -0.25) is 9.10 Å². The summed E-state index contributed by atoms with van der Waals surface area (Å²) >= 11 is 17.8. The van der Waals surface area contributed by atoms with Gasteiger partial charge < -0.3 is 14.8 Å². The predicted octanol–water partition coefficient (Wildman–Crippen LogP) is 9.99. The lowest BCUT2D eigenvalue weighted by atomic mass is 10.2. The number of ether oxygens (including phenoxy) is 2. The average molecular weight is 654 g/mol. The van der Waals surface area contributed by atoms with Gasteiger partial charge in [0.1, 0.15) is 22.5 Å². The number of halogens is 3. The first-order valence-corrected chi connectivity index (χ1v) is 15.8. The number of carbonyl (C=O) groups excluding carboxylic acids is 1. The second kappa shape index (κ2) is 20.8. The smallest absolute Gasteiger partial charge is 0.151 e. The molecule has 0 aromatic heterocycles. The van der Waals surface area contributed by atoms with E-state index in [9.17, 15) is 9.00 Å². The molecule has 1 aliphatic heterocycles. The van der Waals surface area contributed by atoms with Gasteiger partial charge in [0.2, 0.25) is 0 Å². The van der Waals surface area contributed by atoms with Crippen LogP contribution in [0.3, 0.4) is 0 Å². The molecule has 6 nitrogen and oxygen atoms in total. The maximum absolute atomic E-state index is 11.6. The van der Waals surface area contributed by atoms with E-state index >= 15 is 0 Å². The summed E-state index contributed by atoms with van der Waals surface area (Å²) in [6.07, 6.45) is 7.47. The van der Waals surface area contributed by atoms with Gasteiger partial charge in [0.05, 0.1) is 28.6 Å². The summed E-state index contributed by atoms with van der Waals surface area (Å²) in [6, 6.07) is 17.8. The number of methoxy groups -OCH3 is 1. The molecule has 1 unspecified atom stereocenters. The van der Waals surface area contributed by atoms with E-state index in [4.69, 9.17) is 44.3 Å². The Morgan fingerprint density at radius 2 is 1.76 bits per heavy atom. The van der Waals surface area contributed by atoms with Crippen LogP contribution in [-0.2, 0) is 15.7 Å². The van der Waals surface area contributed by atoms with Crippen LogP contribution in [0.2, 0.25) is 15.1 Å². The maximum atomic E-state index is 11.6. The molecular weight excluding hydrogens is 615 g/mol. The molecule has 3 aromatic carbocycles. The Balaban J connectivity index is 0.000000324. The van der Waals surface area contributed by atoms with Gasteiger partial charge in [-0.25, -0.2) is 4.21 Å². The first kappa shape index (κ1) is 37.1. The molecule has 42 heavy (non-hydrogen) atoms. The molecule has 0 saturated carbocycles. The number of aldehydes is 1. The van der Waals surface area contributed by atoms with Crippen LogP contribution in [-0.4, -0.2) is 37.0 Å². The number of nitrogens with zero attached hydrogens (tertiary/aromatic N) is 1. The fourth-order valence-corrected chi connectivity index (χ4v) is 5.08. The van der Waals surface area contributed by atoms with Gasteiger partial charge in [-0.05, 0) is 74.9 Å². The van der Waals surface area contributed by atoms with Crippen LogP contribution in [0.25, 0.3) is 0 Å². The van der Waals surface area contributed by atoms with Crippen molar-refractivity contribution < 1.29 is 18.5 Å². The first-order valence-electron chi connectivity index (χ1n) is 13.4. The van der Waals surface area contributed by atoms with Crippen LogP contribution in [0.5, 0.6) is 11.5 Å². The Morgan fingerprint density at radius 1 is 1.02 bits per heavy atom. The van der Waals surface area contributed by atoms with Gasteiger partial charge in [0.25, 0.3) is 0 Å². The minimum Gasteiger partial charge on any atom is -0.501 e. The molecule has 0 amide bonds. The second-order valence-corrected chi connectivity index (χ2v) is 11.0. The van der Waals surface area contributed by atoms with Crippen molar-refractivity contribution in [2.75, 3.05) is 36.1 Å². The van der Waals surface area contributed by atoms with E-state index in [1.807, 2.05) is 77.2 Å². The number of allylic oxidation sites excluding steroid dienone is 4. The zero-order valence-corrected chi connectivity index (χ0v) is 27.9. The van der Waals surface area contributed by atoms with E-state index in [0.717, 1.165) is 30.1 Å². The van der Waals surface area contributed by atoms with E-state index in [1.54, 1.807) is 47.8 Å². The largest absolute Gasteiger partial charge is 0.501 e. The summed E-state index contributed by atoms with van der Waals surface area (Å²) in [4.78, 5) is 10.6. The highest BCUT2D eigenvalue weighted by Gasteiger charge is 2.20. The molecule has 0 radical (unpaired) electrons. The van der Waals surface area contributed by atoms with Gasteiger partial charge in [0.15, 0.2) is 6.29 Å². The van der Waals surface area contributed by atoms with Crippen LogP contribution in [0.4, 0.5) is 11.4 Å². The van der Waals surface area contributed by atoms with Crippen LogP contribution in [0.15, 0.2) is 84.7 Å². The molecule has 1 N–H and O–H groups in total. The zero-order chi connectivity index (χ0) is 31.5.